The van der Waals surface area contributed by atoms with Gasteiger partial charge in [-0.05, 0) is 12.3 Å². The lowest BCUT2D eigenvalue weighted by atomic mass is 9.82. The summed E-state index contributed by atoms with van der Waals surface area (Å²) in [7, 11) is 3.32. The fraction of sp³-hybridized carbons (Fsp3) is 0.786. The molecule has 19 heavy (non-hydrogen) atoms. The predicted octanol–water partition coefficient (Wildman–Crippen LogP) is 1.30. The molecule has 0 aliphatic heterocycles. The number of amides is 2. The topological polar surface area (TPSA) is 73.2 Å². The van der Waals surface area contributed by atoms with Crippen molar-refractivity contribution in [2.45, 2.75) is 38.5 Å². The van der Waals surface area contributed by atoms with Gasteiger partial charge in [0, 0.05) is 14.1 Å². The van der Waals surface area contributed by atoms with Crippen LogP contribution in [0.25, 0.3) is 0 Å². The summed E-state index contributed by atoms with van der Waals surface area (Å²) in [5, 5.41) is 11.0. The third-order valence-electron chi connectivity index (χ3n) is 3.69. The molecule has 1 aliphatic carbocycles. The second-order valence-electron chi connectivity index (χ2n) is 5.40. The van der Waals surface area contributed by atoms with Gasteiger partial charge in [-0.2, -0.15) is 5.26 Å². The minimum absolute atomic E-state index is 0.0410. The van der Waals surface area contributed by atoms with E-state index >= 15 is 0 Å². The van der Waals surface area contributed by atoms with Crippen LogP contribution < -0.4 is 5.32 Å². The van der Waals surface area contributed by atoms with Gasteiger partial charge in [-0.1, -0.05) is 32.1 Å². The van der Waals surface area contributed by atoms with Gasteiger partial charge in [0.05, 0.1) is 6.07 Å². The van der Waals surface area contributed by atoms with Gasteiger partial charge < -0.3 is 10.2 Å². The van der Waals surface area contributed by atoms with Crippen LogP contribution in [0.2, 0.25) is 0 Å². The zero-order chi connectivity index (χ0) is 14.3. The fourth-order valence-electron chi connectivity index (χ4n) is 2.64. The molecule has 0 radical (unpaired) electrons. The summed E-state index contributed by atoms with van der Waals surface area (Å²) in [4.78, 5) is 25.6. The molecule has 0 aromatic rings. The highest BCUT2D eigenvalue weighted by Gasteiger charge is 2.31. The van der Waals surface area contributed by atoms with Crippen molar-refractivity contribution in [3.8, 4) is 6.07 Å². The molecule has 0 aromatic carbocycles. The van der Waals surface area contributed by atoms with Gasteiger partial charge >= 0.3 is 0 Å². The molecule has 0 aromatic heterocycles. The highest BCUT2D eigenvalue weighted by molar-refractivity contribution is 6.00. The van der Waals surface area contributed by atoms with Crippen molar-refractivity contribution in [3.63, 3.8) is 0 Å². The van der Waals surface area contributed by atoms with Crippen LogP contribution in [0.4, 0.5) is 0 Å². The van der Waals surface area contributed by atoms with Gasteiger partial charge in [0.1, 0.15) is 12.5 Å². The van der Waals surface area contributed by atoms with E-state index in [2.05, 4.69) is 5.32 Å². The third kappa shape index (κ3) is 4.90. The predicted molar refractivity (Wildman–Crippen MR) is 72.0 cm³/mol. The Morgan fingerprint density at radius 3 is 2.47 bits per heavy atom. The Labute approximate surface area is 115 Å². The van der Waals surface area contributed by atoms with Crippen molar-refractivity contribution in [1.29, 1.82) is 5.26 Å². The molecule has 5 nitrogen and oxygen atoms in total. The molecule has 1 N–H and O–H groups in total. The summed E-state index contributed by atoms with van der Waals surface area (Å²) in [6, 6.07) is 1.87. The summed E-state index contributed by atoms with van der Waals surface area (Å²) in [5.74, 6) is -0.672. The van der Waals surface area contributed by atoms with Crippen LogP contribution in [-0.2, 0) is 9.59 Å². The third-order valence-corrected chi connectivity index (χ3v) is 3.69. The quantitative estimate of drug-likeness (QED) is 0.601. The lowest BCUT2D eigenvalue weighted by molar-refractivity contribution is -0.141. The molecule has 0 bridgehead atoms. The van der Waals surface area contributed by atoms with Crippen LogP contribution in [0.5, 0.6) is 0 Å². The molecule has 1 unspecified atom stereocenters. The van der Waals surface area contributed by atoms with Gasteiger partial charge in [-0.25, -0.2) is 0 Å². The molecule has 1 rings (SSSR count). The first-order valence-electron chi connectivity index (χ1n) is 6.92. The Morgan fingerprint density at radius 2 is 1.95 bits per heavy atom. The average Bonchev–Trinajstić information content (AvgIpc) is 2.42. The lowest BCUT2D eigenvalue weighted by Crippen LogP contribution is -2.42. The standard InChI is InChI=1S/C14H23N3O2/c1-17(2)14(19)12(13(18)16-9-8-15)10-11-6-4-3-5-7-11/h11-12H,3-7,9-10H2,1-2H3,(H,16,18). The maximum Gasteiger partial charge on any atom is 0.234 e. The summed E-state index contributed by atoms with van der Waals surface area (Å²) < 4.78 is 0. The summed E-state index contributed by atoms with van der Waals surface area (Å²) >= 11 is 0. The number of hydrogen-bond acceptors (Lipinski definition) is 3. The molecule has 106 valence electrons. The first kappa shape index (κ1) is 15.5. The van der Waals surface area contributed by atoms with Crippen LogP contribution in [-0.4, -0.2) is 37.4 Å². The highest BCUT2D eigenvalue weighted by atomic mass is 16.2. The van der Waals surface area contributed by atoms with E-state index in [4.69, 9.17) is 5.26 Å². The molecular weight excluding hydrogens is 242 g/mol. The van der Waals surface area contributed by atoms with Crippen molar-refractivity contribution >= 4 is 11.8 Å². The molecule has 2 amide bonds. The van der Waals surface area contributed by atoms with Gasteiger partial charge in [-0.15, -0.1) is 0 Å². The van der Waals surface area contributed by atoms with E-state index in [-0.39, 0.29) is 18.4 Å². The highest BCUT2D eigenvalue weighted by Crippen LogP contribution is 2.29. The minimum Gasteiger partial charge on any atom is -0.348 e. The van der Waals surface area contributed by atoms with Crippen molar-refractivity contribution in [3.05, 3.63) is 0 Å². The van der Waals surface area contributed by atoms with Gasteiger partial charge in [0.15, 0.2) is 0 Å². The Balaban J connectivity index is 2.65. The van der Waals surface area contributed by atoms with Gasteiger partial charge in [-0.3, -0.25) is 9.59 Å². The van der Waals surface area contributed by atoms with E-state index < -0.39 is 5.92 Å². The van der Waals surface area contributed by atoms with Crippen molar-refractivity contribution in [2.75, 3.05) is 20.6 Å². The Hall–Kier alpha value is -1.57. The summed E-state index contributed by atoms with van der Waals surface area (Å²) in [6.45, 7) is -0.0410. The number of rotatable bonds is 5. The Bertz CT molecular complexity index is 354. The molecule has 1 atom stereocenters. The SMILES string of the molecule is CN(C)C(=O)C(CC1CCCCC1)C(=O)NCC#N. The van der Waals surface area contributed by atoms with E-state index in [9.17, 15) is 9.59 Å². The van der Waals surface area contributed by atoms with Crippen LogP contribution in [0.1, 0.15) is 38.5 Å². The Morgan fingerprint density at radius 1 is 1.32 bits per heavy atom. The number of hydrogen-bond donors (Lipinski definition) is 1. The first-order valence-corrected chi connectivity index (χ1v) is 6.92. The van der Waals surface area contributed by atoms with Crippen LogP contribution in [0.3, 0.4) is 0 Å². The van der Waals surface area contributed by atoms with E-state index in [0.717, 1.165) is 12.8 Å². The van der Waals surface area contributed by atoms with Crippen LogP contribution in [0, 0.1) is 23.2 Å². The largest absolute Gasteiger partial charge is 0.348 e. The second kappa shape index (κ2) is 7.78. The normalized spacial score (nSPS) is 17.3. The maximum absolute atomic E-state index is 12.1. The van der Waals surface area contributed by atoms with Crippen molar-refractivity contribution in [1.82, 2.24) is 10.2 Å². The number of carbonyl (C=O) groups is 2. The van der Waals surface area contributed by atoms with E-state index in [1.807, 2.05) is 6.07 Å². The van der Waals surface area contributed by atoms with Crippen LogP contribution in [0.15, 0.2) is 0 Å². The molecule has 0 heterocycles. The lowest BCUT2D eigenvalue weighted by Gasteiger charge is -2.26. The zero-order valence-electron chi connectivity index (χ0n) is 11.8. The van der Waals surface area contributed by atoms with Gasteiger partial charge in [0.25, 0.3) is 0 Å². The number of carbonyl (C=O) groups excluding carboxylic acids is 2. The summed E-state index contributed by atoms with van der Waals surface area (Å²) in [5.41, 5.74) is 0. The smallest absolute Gasteiger partial charge is 0.234 e. The molecule has 1 fully saturated rings. The Kier molecular flexibility index (Phi) is 6.34. The monoisotopic (exact) mass is 265 g/mol. The summed E-state index contributed by atoms with van der Waals surface area (Å²) in [6.07, 6.45) is 6.43. The van der Waals surface area contributed by atoms with E-state index in [0.29, 0.717) is 12.3 Å². The fourth-order valence-corrected chi connectivity index (χ4v) is 2.64. The number of nitrogens with zero attached hydrogens (tertiary/aromatic N) is 2. The minimum atomic E-state index is -0.647. The second-order valence-corrected chi connectivity index (χ2v) is 5.40. The molecule has 5 heteroatoms. The van der Waals surface area contributed by atoms with Crippen molar-refractivity contribution in [2.24, 2.45) is 11.8 Å². The molecule has 0 spiro atoms. The maximum atomic E-state index is 12.1. The average molecular weight is 265 g/mol. The first-order chi connectivity index (χ1) is 9.06. The van der Waals surface area contributed by atoms with E-state index in [1.54, 1.807) is 14.1 Å². The number of nitriles is 1. The zero-order valence-corrected chi connectivity index (χ0v) is 11.8. The molecule has 1 aliphatic rings. The molecule has 0 saturated heterocycles. The van der Waals surface area contributed by atoms with E-state index in [1.165, 1.54) is 24.2 Å². The van der Waals surface area contributed by atoms with Crippen molar-refractivity contribution < 1.29 is 9.59 Å². The molecular formula is C14H23N3O2. The van der Waals surface area contributed by atoms with Crippen LogP contribution >= 0.6 is 0 Å². The number of nitrogens with one attached hydrogen (secondary N) is 1. The molecule has 1 saturated carbocycles. The van der Waals surface area contributed by atoms with Gasteiger partial charge in [0.2, 0.25) is 11.8 Å².